The Morgan fingerprint density at radius 2 is 1.72 bits per heavy atom. The van der Waals surface area contributed by atoms with Crippen LogP contribution in [0.1, 0.15) is 33.2 Å². The Labute approximate surface area is 154 Å². The number of carbonyl (C=O) groups is 2. The Bertz CT molecular complexity index is 804. The number of methoxy groups -OCH3 is 1. The molecular formula is C19H18BrNO4. The fourth-order valence-corrected chi connectivity index (χ4v) is 3.06. The Kier molecular flexibility index (Phi) is 5.20. The largest absolute Gasteiger partial charge is 0.489 e. The number of benzene rings is 2. The van der Waals surface area contributed by atoms with Gasteiger partial charge in [-0.3, -0.25) is 14.5 Å². The van der Waals surface area contributed by atoms with Crippen molar-refractivity contribution >= 4 is 27.7 Å². The number of amides is 2. The standard InChI is InChI=1S/C19H18BrNO4/c1-12(10-24-2)21-18(22)16-8-7-15(9-17(16)19(21)23)25-11-13-3-5-14(20)6-4-13/h3-9,12H,10-11H2,1-2H3/t12-/m0/s1. The van der Waals surface area contributed by atoms with E-state index in [1.807, 2.05) is 24.3 Å². The number of ether oxygens (including phenoxy) is 2. The van der Waals surface area contributed by atoms with Crippen LogP contribution in [0, 0.1) is 0 Å². The number of hydrogen-bond donors (Lipinski definition) is 0. The van der Waals surface area contributed by atoms with E-state index in [4.69, 9.17) is 9.47 Å². The van der Waals surface area contributed by atoms with Gasteiger partial charge in [-0.25, -0.2) is 0 Å². The summed E-state index contributed by atoms with van der Waals surface area (Å²) in [6.45, 7) is 2.48. The molecule has 0 saturated carbocycles. The van der Waals surface area contributed by atoms with E-state index in [2.05, 4.69) is 15.9 Å². The highest BCUT2D eigenvalue weighted by Crippen LogP contribution is 2.28. The van der Waals surface area contributed by atoms with Crippen LogP contribution >= 0.6 is 15.9 Å². The van der Waals surface area contributed by atoms with Crippen molar-refractivity contribution in [3.63, 3.8) is 0 Å². The first-order valence-electron chi connectivity index (χ1n) is 7.89. The SMILES string of the molecule is COC[C@H](C)N1C(=O)c2ccc(OCc3ccc(Br)cc3)cc2C1=O. The van der Waals surface area contributed by atoms with Crippen LogP contribution in [0.15, 0.2) is 46.9 Å². The van der Waals surface area contributed by atoms with Crippen molar-refractivity contribution < 1.29 is 19.1 Å². The van der Waals surface area contributed by atoms with Gasteiger partial charge in [0, 0.05) is 11.6 Å². The van der Waals surface area contributed by atoms with Crippen molar-refractivity contribution in [2.24, 2.45) is 0 Å². The number of nitrogens with zero attached hydrogens (tertiary/aromatic N) is 1. The molecule has 2 aromatic rings. The fraction of sp³-hybridized carbons (Fsp3) is 0.263. The van der Waals surface area contributed by atoms with Gasteiger partial charge in [0.15, 0.2) is 0 Å². The summed E-state index contributed by atoms with van der Waals surface area (Å²) in [4.78, 5) is 26.3. The molecule has 0 fully saturated rings. The van der Waals surface area contributed by atoms with Crippen LogP contribution < -0.4 is 4.74 Å². The van der Waals surface area contributed by atoms with Crippen LogP contribution in [0.3, 0.4) is 0 Å². The van der Waals surface area contributed by atoms with Gasteiger partial charge in [-0.1, -0.05) is 28.1 Å². The summed E-state index contributed by atoms with van der Waals surface area (Å²) in [6.07, 6.45) is 0. The number of halogens is 1. The zero-order valence-electron chi connectivity index (χ0n) is 14.0. The smallest absolute Gasteiger partial charge is 0.262 e. The van der Waals surface area contributed by atoms with Gasteiger partial charge < -0.3 is 9.47 Å². The molecule has 0 aliphatic carbocycles. The lowest BCUT2D eigenvalue weighted by Gasteiger charge is -2.21. The van der Waals surface area contributed by atoms with Crippen molar-refractivity contribution in [1.29, 1.82) is 0 Å². The van der Waals surface area contributed by atoms with Crippen molar-refractivity contribution in [1.82, 2.24) is 4.90 Å². The average Bonchev–Trinajstić information content (AvgIpc) is 2.85. The predicted octanol–water partition coefficient (Wildman–Crippen LogP) is 3.66. The highest BCUT2D eigenvalue weighted by molar-refractivity contribution is 9.10. The molecule has 0 unspecified atom stereocenters. The predicted molar refractivity (Wildman–Crippen MR) is 96.8 cm³/mol. The summed E-state index contributed by atoms with van der Waals surface area (Å²) in [5.74, 6) is -0.0354. The van der Waals surface area contributed by atoms with Crippen molar-refractivity contribution in [2.45, 2.75) is 19.6 Å². The van der Waals surface area contributed by atoms with Crippen LogP contribution in [0.5, 0.6) is 5.75 Å². The van der Waals surface area contributed by atoms with Crippen LogP contribution in [0.4, 0.5) is 0 Å². The molecule has 5 nitrogen and oxygen atoms in total. The molecule has 1 heterocycles. The van der Waals surface area contributed by atoms with E-state index < -0.39 is 0 Å². The summed E-state index contributed by atoms with van der Waals surface area (Å²) in [7, 11) is 1.54. The van der Waals surface area contributed by atoms with E-state index in [0.29, 0.717) is 30.1 Å². The molecule has 2 amide bonds. The van der Waals surface area contributed by atoms with Crippen LogP contribution in [0.2, 0.25) is 0 Å². The minimum Gasteiger partial charge on any atom is -0.489 e. The Hall–Kier alpha value is -2.18. The molecule has 0 aromatic heterocycles. The zero-order valence-corrected chi connectivity index (χ0v) is 15.6. The number of hydrogen-bond acceptors (Lipinski definition) is 4. The Morgan fingerprint density at radius 1 is 1.04 bits per heavy atom. The molecule has 0 radical (unpaired) electrons. The topological polar surface area (TPSA) is 55.8 Å². The number of carbonyl (C=O) groups excluding carboxylic acids is 2. The summed E-state index contributed by atoms with van der Waals surface area (Å²) in [6, 6.07) is 12.5. The lowest BCUT2D eigenvalue weighted by atomic mass is 10.1. The maximum Gasteiger partial charge on any atom is 0.262 e. The van der Waals surface area contributed by atoms with E-state index in [9.17, 15) is 9.59 Å². The molecule has 1 atom stereocenters. The molecule has 3 rings (SSSR count). The number of rotatable bonds is 6. The minimum absolute atomic E-state index is 0.288. The first-order chi connectivity index (χ1) is 12.0. The Balaban J connectivity index is 1.76. The van der Waals surface area contributed by atoms with Gasteiger partial charge in [-0.05, 0) is 42.8 Å². The van der Waals surface area contributed by atoms with Crippen LogP contribution in [0.25, 0.3) is 0 Å². The molecule has 1 aliphatic rings. The number of imide groups is 1. The summed E-state index contributed by atoms with van der Waals surface area (Å²) < 4.78 is 11.8. The molecule has 0 saturated heterocycles. The van der Waals surface area contributed by atoms with Gasteiger partial charge in [0.05, 0.1) is 23.8 Å². The maximum absolute atomic E-state index is 12.6. The second-order valence-corrected chi connectivity index (χ2v) is 6.82. The lowest BCUT2D eigenvalue weighted by molar-refractivity contribution is 0.0497. The second-order valence-electron chi connectivity index (χ2n) is 5.91. The molecule has 0 spiro atoms. The lowest BCUT2D eigenvalue weighted by Crippen LogP contribution is -2.40. The minimum atomic E-state index is -0.315. The maximum atomic E-state index is 12.6. The van der Waals surface area contributed by atoms with Crippen molar-refractivity contribution in [2.75, 3.05) is 13.7 Å². The Morgan fingerprint density at radius 3 is 2.40 bits per heavy atom. The monoisotopic (exact) mass is 403 g/mol. The van der Waals surface area contributed by atoms with E-state index >= 15 is 0 Å². The summed E-state index contributed by atoms with van der Waals surface area (Å²) in [5, 5.41) is 0. The molecule has 1 aliphatic heterocycles. The molecule has 130 valence electrons. The molecule has 2 aromatic carbocycles. The van der Waals surface area contributed by atoms with E-state index in [-0.39, 0.29) is 17.9 Å². The van der Waals surface area contributed by atoms with Gasteiger partial charge in [-0.15, -0.1) is 0 Å². The molecule has 25 heavy (non-hydrogen) atoms. The van der Waals surface area contributed by atoms with E-state index in [1.54, 1.807) is 32.2 Å². The third-order valence-corrected chi connectivity index (χ3v) is 4.59. The third-order valence-electron chi connectivity index (χ3n) is 4.06. The first-order valence-corrected chi connectivity index (χ1v) is 8.68. The van der Waals surface area contributed by atoms with Crippen LogP contribution in [-0.4, -0.2) is 36.5 Å². The first kappa shape index (κ1) is 17.6. The van der Waals surface area contributed by atoms with Gasteiger partial charge in [0.2, 0.25) is 0 Å². The van der Waals surface area contributed by atoms with Gasteiger partial charge in [-0.2, -0.15) is 0 Å². The quantitative estimate of drug-likeness (QED) is 0.690. The van der Waals surface area contributed by atoms with Crippen LogP contribution in [-0.2, 0) is 11.3 Å². The highest BCUT2D eigenvalue weighted by atomic mass is 79.9. The van der Waals surface area contributed by atoms with Crippen molar-refractivity contribution in [3.05, 3.63) is 63.6 Å². The molecule has 6 heteroatoms. The molecular weight excluding hydrogens is 386 g/mol. The van der Waals surface area contributed by atoms with E-state index in [1.165, 1.54) is 4.90 Å². The third kappa shape index (κ3) is 3.60. The average molecular weight is 404 g/mol. The number of fused-ring (bicyclic) bond motifs is 1. The summed E-state index contributed by atoms with van der Waals surface area (Å²) in [5.41, 5.74) is 1.80. The molecule has 0 N–H and O–H groups in total. The van der Waals surface area contributed by atoms with Gasteiger partial charge in [0.1, 0.15) is 12.4 Å². The van der Waals surface area contributed by atoms with Gasteiger partial charge >= 0.3 is 0 Å². The van der Waals surface area contributed by atoms with Gasteiger partial charge in [0.25, 0.3) is 11.8 Å². The van der Waals surface area contributed by atoms with E-state index in [0.717, 1.165) is 10.0 Å². The summed E-state index contributed by atoms with van der Waals surface area (Å²) >= 11 is 3.39. The second kappa shape index (κ2) is 7.37. The zero-order chi connectivity index (χ0) is 18.0. The fourth-order valence-electron chi connectivity index (χ4n) is 2.79. The van der Waals surface area contributed by atoms with Crippen molar-refractivity contribution in [3.8, 4) is 5.75 Å². The highest BCUT2D eigenvalue weighted by Gasteiger charge is 2.38. The normalized spacial score (nSPS) is 14.6. The molecule has 0 bridgehead atoms.